The molecule has 0 radical (unpaired) electrons. The third-order valence-electron chi connectivity index (χ3n) is 2.82. The quantitative estimate of drug-likeness (QED) is 0.724. The van der Waals surface area contributed by atoms with Crippen molar-refractivity contribution in [2.45, 2.75) is 39.0 Å². The molecular weight excluding hydrogens is 261 g/mol. The Morgan fingerprint density at radius 2 is 1.95 bits per heavy atom. The molecule has 0 aromatic heterocycles. The fraction of sp³-hybridized carbons (Fsp3) is 0.500. The number of nitrogens with one attached hydrogen (secondary N) is 1. The lowest BCUT2D eigenvalue weighted by Crippen LogP contribution is -2.42. The van der Waals surface area contributed by atoms with Crippen LogP contribution in [-0.2, 0) is 0 Å². The van der Waals surface area contributed by atoms with E-state index in [4.69, 9.17) is 5.73 Å². The number of hydrogen-bond acceptors (Lipinski definition) is 4. The number of anilines is 2. The van der Waals surface area contributed by atoms with Crippen molar-refractivity contribution in [2.75, 3.05) is 11.1 Å². The van der Waals surface area contributed by atoms with E-state index in [0.717, 1.165) is 12.1 Å². The van der Waals surface area contributed by atoms with Crippen molar-refractivity contribution in [3.05, 3.63) is 17.9 Å². The maximum Gasteiger partial charge on any atom is 0.387 e. The van der Waals surface area contributed by atoms with Crippen molar-refractivity contribution >= 4 is 11.4 Å². The first-order chi connectivity index (χ1) is 8.63. The number of rotatable bonds is 5. The molecule has 7 heteroatoms. The summed E-state index contributed by atoms with van der Waals surface area (Å²) in [5.74, 6) is -1.58. The standard InChI is InChI=1S/C12H17F3N2O2/c1-6(18)12(2,3)17-9-5-10(19-11(14)15)7(13)4-8(9)16/h4-6,11,17-18H,16H2,1-3H3. The first kappa shape index (κ1) is 15.4. The van der Waals surface area contributed by atoms with E-state index in [2.05, 4.69) is 10.1 Å². The van der Waals surface area contributed by atoms with Gasteiger partial charge in [0.25, 0.3) is 0 Å². The molecule has 108 valence electrons. The van der Waals surface area contributed by atoms with Crippen LogP contribution in [0.5, 0.6) is 5.75 Å². The number of nitrogen functional groups attached to an aromatic ring is 1. The van der Waals surface area contributed by atoms with Crippen molar-refractivity contribution in [1.29, 1.82) is 0 Å². The number of aliphatic hydroxyl groups is 1. The lowest BCUT2D eigenvalue weighted by molar-refractivity contribution is -0.0521. The molecule has 0 spiro atoms. The fourth-order valence-corrected chi connectivity index (χ4v) is 1.31. The number of benzene rings is 1. The van der Waals surface area contributed by atoms with Crippen molar-refractivity contribution < 1.29 is 23.0 Å². The molecule has 19 heavy (non-hydrogen) atoms. The van der Waals surface area contributed by atoms with Gasteiger partial charge in [0, 0.05) is 12.1 Å². The first-order valence-electron chi connectivity index (χ1n) is 5.63. The van der Waals surface area contributed by atoms with Gasteiger partial charge in [-0.25, -0.2) is 4.39 Å². The van der Waals surface area contributed by atoms with Crippen molar-refractivity contribution in [3.8, 4) is 5.75 Å². The number of aliphatic hydroxyl groups excluding tert-OH is 1. The van der Waals surface area contributed by atoms with Gasteiger partial charge in [0.05, 0.1) is 23.0 Å². The Morgan fingerprint density at radius 3 is 2.42 bits per heavy atom. The van der Waals surface area contributed by atoms with Gasteiger partial charge in [-0.2, -0.15) is 8.78 Å². The lowest BCUT2D eigenvalue weighted by Gasteiger charge is -2.31. The van der Waals surface area contributed by atoms with Gasteiger partial charge in [-0.3, -0.25) is 0 Å². The molecule has 1 rings (SSSR count). The molecule has 0 aliphatic heterocycles. The van der Waals surface area contributed by atoms with Crippen LogP contribution in [0.2, 0.25) is 0 Å². The second-order valence-corrected chi connectivity index (χ2v) is 4.77. The van der Waals surface area contributed by atoms with Gasteiger partial charge in [0.15, 0.2) is 11.6 Å². The maximum atomic E-state index is 13.4. The molecule has 0 bridgehead atoms. The minimum absolute atomic E-state index is 0.0350. The van der Waals surface area contributed by atoms with E-state index < -0.39 is 29.8 Å². The summed E-state index contributed by atoms with van der Waals surface area (Å²) in [5.41, 5.74) is 5.08. The second kappa shape index (κ2) is 5.56. The zero-order valence-corrected chi connectivity index (χ0v) is 10.9. The second-order valence-electron chi connectivity index (χ2n) is 4.77. The molecule has 0 amide bonds. The Hall–Kier alpha value is -1.63. The van der Waals surface area contributed by atoms with Crippen LogP contribution in [0.4, 0.5) is 24.5 Å². The van der Waals surface area contributed by atoms with Gasteiger partial charge < -0.3 is 20.9 Å². The Labute approximate surface area is 109 Å². The maximum absolute atomic E-state index is 13.4. The fourth-order valence-electron chi connectivity index (χ4n) is 1.31. The monoisotopic (exact) mass is 278 g/mol. The summed E-state index contributed by atoms with van der Waals surface area (Å²) in [4.78, 5) is 0. The smallest absolute Gasteiger partial charge is 0.387 e. The van der Waals surface area contributed by atoms with Crippen LogP contribution in [-0.4, -0.2) is 23.4 Å². The highest BCUT2D eigenvalue weighted by atomic mass is 19.3. The summed E-state index contributed by atoms with van der Waals surface area (Å²) in [5, 5.41) is 12.4. The Balaban J connectivity index is 3.07. The third kappa shape index (κ3) is 3.92. The molecule has 0 aliphatic rings. The van der Waals surface area contributed by atoms with Crippen LogP contribution in [0, 0.1) is 5.82 Å². The SMILES string of the molecule is CC(O)C(C)(C)Nc1cc(OC(F)F)c(F)cc1N. The molecule has 4 N–H and O–H groups in total. The summed E-state index contributed by atoms with van der Waals surface area (Å²) in [6, 6.07) is 1.93. The molecular formula is C12H17F3N2O2. The first-order valence-corrected chi connectivity index (χ1v) is 5.63. The highest BCUT2D eigenvalue weighted by Crippen LogP contribution is 2.31. The van der Waals surface area contributed by atoms with Crippen LogP contribution in [0.15, 0.2) is 12.1 Å². The Bertz CT molecular complexity index is 451. The summed E-state index contributed by atoms with van der Waals surface area (Å²) < 4.78 is 41.7. The predicted octanol–water partition coefficient (Wildman–Crippen LogP) is 2.58. The van der Waals surface area contributed by atoms with Crippen LogP contribution in [0.3, 0.4) is 0 Å². The number of halogens is 3. The average Bonchev–Trinajstić information content (AvgIpc) is 2.23. The van der Waals surface area contributed by atoms with Gasteiger partial charge in [0.1, 0.15) is 0 Å². The third-order valence-corrected chi connectivity index (χ3v) is 2.82. The predicted molar refractivity (Wildman–Crippen MR) is 66.8 cm³/mol. The van der Waals surface area contributed by atoms with E-state index in [1.54, 1.807) is 20.8 Å². The minimum Gasteiger partial charge on any atom is -0.432 e. The zero-order chi connectivity index (χ0) is 14.8. The van der Waals surface area contributed by atoms with E-state index >= 15 is 0 Å². The van der Waals surface area contributed by atoms with Crippen LogP contribution in [0.25, 0.3) is 0 Å². The normalized spacial score (nSPS) is 13.5. The van der Waals surface area contributed by atoms with E-state index in [1.807, 2.05) is 0 Å². The van der Waals surface area contributed by atoms with Gasteiger partial charge >= 0.3 is 6.61 Å². The van der Waals surface area contributed by atoms with E-state index in [-0.39, 0.29) is 11.4 Å². The Kier molecular flexibility index (Phi) is 4.52. The van der Waals surface area contributed by atoms with E-state index in [9.17, 15) is 18.3 Å². The molecule has 4 nitrogen and oxygen atoms in total. The van der Waals surface area contributed by atoms with Crippen molar-refractivity contribution in [2.24, 2.45) is 0 Å². The molecule has 1 aromatic rings. The summed E-state index contributed by atoms with van der Waals surface area (Å²) in [7, 11) is 0. The van der Waals surface area contributed by atoms with Crippen molar-refractivity contribution in [3.63, 3.8) is 0 Å². The summed E-state index contributed by atoms with van der Waals surface area (Å²) in [6.07, 6.45) is -0.739. The van der Waals surface area contributed by atoms with Gasteiger partial charge in [0.2, 0.25) is 0 Å². The topological polar surface area (TPSA) is 67.5 Å². The molecule has 0 saturated carbocycles. The molecule has 0 saturated heterocycles. The van der Waals surface area contributed by atoms with Crippen LogP contribution < -0.4 is 15.8 Å². The number of hydrogen-bond donors (Lipinski definition) is 3. The largest absolute Gasteiger partial charge is 0.432 e. The Morgan fingerprint density at radius 1 is 1.37 bits per heavy atom. The summed E-state index contributed by atoms with van der Waals surface area (Å²) >= 11 is 0. The molecule has 1 aromatic carbocycles. The number of ether oxygens (including phenoxy) is 1. The van der Waals surface area contributed by atoms with Crippen molar-refractivity contribution in [1.82, 2.24) is 0 Å². The molecule has 1 atom stereocenters. The van der Waals surface area contributed by atoms with Gasteiger partial charge in [-0.05, 0) is 20.8 Å². The van der Waals surface area contributed by atoms with Gasteiger partial charge in [-0.1, -0.05) is 0 Å². The highest BCUT2D eigenvalue weighted by Gasteiger charge is 2.25. The van der Waals surface area contributed by atoms with E-state index in [0.29, 0.717) is 0 Å². The minimum atomic E-state index is -3.13. The number of alkyl halides is 2. The van der Waals surface area contributed by atoms with E-state index in [1.165, 1.54) is 0 Å². The number of nitrogens with two attached hydrogens (primary N) is 1. The molecule has 1 unspecified atom stereocenters. The van der Waals surface area contributed by atoms with Crippen LogP contribution in [0.1, 0.15) is 20.8 Å². The molecule has 0 aliphatic carbocycles. The highest BCUT2D eigenvalue weighted by molar-refractivity contribution is 5.69. The van der Waals surface area contributed by atoms with Gasteiger partial charge in [-0.15, -0.1) is 0 Å². The molecule has 0 heterocycles. The average molecular weight is 278 g/mol. The zero-order valence-electron chi connectivity index (χ0n) is 10.9. The molecule has 0 fully saturated rings. The lowest BCUT2D eigenvalue weighted by atomic mass is 9.98. The van der Waals surface area contributed by atoms with Crippen LogP contribution >= 0.6 is 0 Å². The summed E-state index contributed by atoms with van der Waals surface area (Å²) in [6.45, 7) is 1.81.